The number of rotatable bonds is 6. The highest BCUT2D eigenvalue weighted by atomic mass is 32.2. The number of fused-ring (bicyclic) bond motifs is 1. The fraction of sp³-hybridized carbons (Fsp3) is 0.529. The topological polar surface area (TPSA) is 25.2 Å². The summed E-state index contributed by atoms with van der Waals surface area (Å²) in [7, 11) is 0. The van der Waals surface area contributed by atoms with Crippen molar-refractivity contribution in [3.8, 4) is 0 Å². The molecular weight excluding hydrogens is 285 g/mol. The molecule has 4 heteroatoms. The van der Waals surface area contributed by atoms with Crippen molar-refractivity contribution in [1.82, 2.24) is 5.32 Å². The SMILES string of the molecule is CCCNC(CSC(C)(C)C)c1cc2cccc(F)c2o1. The largest absolute Gasteiger partial charge is 0.456 e. The lowest BCUT2D eigenvalue weighted by molar-refractivity contribution is 0.446. The van der Waals surface area contributed by atoms with E-state index in [1.807, 2.05) is 23.9 Å². The third-order valence-electron chi connectivity index (χ3n) is 3.18. The Kier molecular flexibility index (Phi) is 5.33. The van der Waals surface area contributed by atoms with Gasteiger partial charge in [0.15, 0.2) is 11.4 Å². The number of hydrogen-bond donors (Lipinski definition) is 1. The molecule has 2 nitrogen and oxygen atoms in total. The Morgan fingerprint density at radius 1 is 1.33 bits per heavy atom. The van der Waals surface area contributed by atoms with Gasteiger partial charge in [-0.3, -0.25) is 0 Å². The van der Waals surface area contributed by atoms with Crippen LogP contribution in [0.25, 0.3) is 11.0 Å². The zero-order valence-electron chi connectivity index (χ0n) is 13.2. The second-order valence-electron chi connectivity index (χ2n) is 6.24. The standard InChI is InChI=1S/C17H24FNOS/c1-5-9-19-14(11-21-17(2,3)4)15-10-12-7-6-8-13(18)16(12)20-15/h6-8,10,14,19H,5,9,11H2,1-4H3. The maximum absolute atomic E-state index is 13.8. The second-order valence-corrected chi connectivity index (χ2v) is 8.08. The third-order valence-corrected chi connectivity index (χ3v) is 4.55. The van der Waals surface area contributed by atoms with Crippen LogP contribution in [0.5, 0.6) is 0 Å². The molecule has 0 saturated heterocycles. The van der Waals surface area contributed by atoms with E-state index in [0.717, 1.165) is 29.9 Å². The van der Waals surface area contributed by atoms with Crippen molar-refractivity contribution in [2.75, 3.05) is 12.3 Å². The van der Waals surface area contributed by atoms with E-state index in [1.165, 1.54) is 6.07 Å². The van der Waals surface area contributed by atoms with Gasteiger partial charge in [0.1, 0.15) is 5.76 Å². The second kappa shape index (κ2) is 6.84. The molecule has 0 spiro atoms. The molecule has 1 aromatic heterocycles. The van der Waals surface area contributed by atoms with Gasteiger partial charge in [-0.05, 0) is 25.1 Å². The summed E-state index contributed by atoms with van der Waals surface area (Å²) >= 11 is 1.88. The summed E-state index contributed by atoms with van der Waals surface area (Å²) in [6.07, 6.45) is 1.06. The van der Waals surface area contributed by atoms with Crippen molar-refractivity contribution in [2.45, 2.75) is 44.9 Å². The van der Waals surface area contributed by atoms with Crippen molar-refractivity contribution in [2.24, 2.45) is 0 Å². The van der Waals surface area contributed by atoms with Crippen LogP contribution in [0.3, 0.4) is 0 Å². The van der Waals surface area contributed by atoms with E-state index in [4.69, 9.17) is 4.42 Å². The van der Waals surface area contributed by atoms with Gasteiger partial charge in [0.05, 0.1) is 6.04 Å². The normalized spacial score (nSPS) is 13.8. The minimum Gasteiger partial charge on any atom is -0.456 e. The van der Waals surface area contributed by atoms with Crippen LogP contribution in [0.1, 0.15) is 45.9 Å². The van der Waals surface area contributed by atoms with E-state index in [1.54, 1.807) is 6.07 Å². The van der Waals surface area contributed by atoms with E-state index in [-0.39, 0.29) is 16.6 Å². The number of para-hydroxylation sites is 1. The number of nitrogens with one attached hydrogen (secondary N) is 1. The molecule has 21 heavy (non-hydrogen) atoms. The van der Waals surface area contributed by atoms with E-state index < -0.39 is 0 Å². The number of thioether (sulfide) groups is 1. The van der Waals surface area contributed by atoms with Gasteiger partial charge < -0.3 is 9.73 Å². The van der Waals surface area contributed by atoms with E-state index in [2.05, 4.69) is 33.0 Å². The lowest BCUT2D eigenvalue weighted by atomic mass is 10.2. The van der Waals surface area contributed by atoms with Gasteiger partial charge in [-0.25, -0.2) is 4.39 Å². The summed E-state index contributed by atoms with van der Waals surface area (Å²) in [5.74, 6) is 1.43. The molecule has 116 valence electrons. The summed E-state index contributed by atoms with van der Waals surface area (Å²) in [5.41, 5.74) is 0.358. The number of halogens is 1. The molecule has 0 saturated carbocycles. The van der Waals surface area contributed by atoms with E-state index in [0.29, 0.717) is 5.58 Å². The average molecular weight is 309 g/mol. The lowest BCUT2D eigenvalue weighted by Crippen LogP contribution is -2.25. The number of hydrogen-bond acceptors (Lipinski definition) is 3. The number of benzene rings is 1. The zero-order chi connectivity index (χ0) is 15.5. The highest BCUT2D eigenvalue weighted by molar-refractivity contribution is 8.00. The highest BCUT2D eigenvalue weighted by Gasteiger charge is 2.20. The molecule has 2 aromatic rings. The summed E-state index contributed by atoms with van der Waals surface area (Å²) < 4.78 is 19.7. The predicted molar refractivity (Wildman–Crippen MR) is 89.4 cm³/mol. The highest BCUT2D eigenvalue weighted by Crippen LogP contribution is 2.31. The fourth-order valence-corrected chi connectivity index (χ4v) is 3.06. The van der Waals surface area contributed by atoms with E-state index in [9.17, 15) is 4.39 Å². The molecule has 1 unspecified atom stereocenters. The molecule has 0 fully saturated rings. The third kappa shape index (κ3) is 4.48. The molecular formula is C17H24FNOS. The van der Waals surface area contributed by atoms with Gasteiger partial charge in [-0.1, -0.05) is 39.8 Å². The van der Waals surface area contributed by atoms with Gasteiger partial charge in [0.2, 0.25) is 0 Å². The van der Waals surface area contributed by atoms with E-state index >= 15 is 0 Å². The van der Waals surface area contributed by atoms with Gasteiger partial charge >= 0.3 is 0 Å². The Balaban J connectivity index is 2.23. The smallest absolute Gasteiger partial charge is 0.169 e. The summed E-state index contributed by atoms with van der Waals surface area (Å²) in [4.78, 5) is 0. The Bertz CT molecular complexity index is 588. The Morgan fingerprint density at radius 2 is 2.10 bits per heavy atom. The molecule has 0 bridgehead atoms. The Morgan fingerprint density at radius 3 is 2.71 bits per heavy atom. The van der Waals surface area contributed by atoms with Crippen LogP contribution < -0.4 is 5.32 Å². The maximum atomic E-state index is 13.8. The monoisotopic (exact) mass is 309 g/mol. The molecule has 1 atom stereocenters. The molecule has 0 aliphatic heterocycles. The Labute approximate surface area is 130 Å². The molecule has 0 aliphatic carbocycles. The van der Waals surface area contributed by atoms with Gasteiger partial charge in [-0.2, -0.15) is 11.8 Å². The van der Waals surface area contributed by atoms with Gasteiger partial charge in [0.25, 0.3) is 0 Å². The minimum absolute atomic E-state index is 0.112. The van der Waals surface area contributed by atoms with Gasteiger partial charge in [0, 0.05) is 15.9 Å². The average Bonchev–Trinajstić information content (AvgIpc) is 2.83. The fourth-order valence-electron chi connectivity index (χ4n) is 2.11. The molecule has 0 amide bonds. The van der Waals surface area contributed by atoms with Crippen molar-refractivity contribution in [1.29, 1.82) is 0 Å². The summed E-state index contributed by atoms with van der Waals surface area (Å²) in [6.45, 7) is 9.67. The minimum atomic E-state index is -0.295. The quantitative estimate of drug-likeness (QED) is 0.799. The van der Waals surface area contributed by atoms with Crippen molar-refractivity contribution in [3.05, 3.63) is 35.8 Å². The van der Waals surface area contributed by atoms with Crippen LogP contribution in [0.15, 0.2) is 28.7 Å². The van der Waals surface area contributed by atoms with Crippen molar-refractivity contribution in [3.63, 3.8) is 0 Å². The van der Waals surface area contributed by atoms with Crippen LogP contribution >= 0.6 is 11.8 Å². The summed E-state index contributed by atoms with van der Waals surface area (Å²) in [6, 6.07) is 7.11. The Hall–Kier alpha value is -1.00. The predicted octanol–water partition coefficient (Wildman–Crippen LogP) is 5.14. The first kappa shape index (κ1) is 16.4. The number of furan rings is 1. The molecule has 0 radical (unpaired) electrons. The van der Waals surface area contributed by atoms with Crippen LogP contribution in [-0.2, 0) is 0 Å². The molecule has 1 N–H and O–H groups in total. The molecule has 1 aromatic carbocycles. The molecule has 1 heterocycles. The van der Waals surface area contributed by atoms with Crippen LogP contribution in [0.2, 0.25) is 0 Å². The van der Waals surface area contributed by atoms with Gasteiger partial charge in [-0.15, -0.1) is 0 Å². The van der Waals surface area contributed by atoms with Crippen LogP contribution in [0, 0.1) is 5.82 Å². The summed E-state index contributed by atoms with van der Waals surface area (Å²) in [5, 5.41) is 4.33. The first-order valence-electron chi connectivity index (χ1n) is 7.46. The van der Waals surface area contributed by atoms with Crippen molar-refractivity contribution >= 4 is 22.7 Å². The maximum Gasteiger partial charge on any atom is 0.169 e. The zero-order valence-corrected chi connectivity index (χ0v) is 14.0. The molecule has 0 aliphatic rings. The first-order chi connectivity index (χ1) is 9.90. The lowest BCUT2D eigenvalue weighted by Gasteiger charge is -2.22. The van der Waals surface area contributed by atoms with Crippen LogP contribution in [-0.4, -0.2) is 17.0 Å². The first-order valence-corrected chi connectivity index (χ1v) is 8.44. The van der Waals surface area contributed by atoms with Crippen molar-refractivity contribution < 1.29 is 8.81 Å². The van der Waals surface area contributed by atoms with Crippen LogP contribution in [0.4, 0.5) is 4.39 Å². The molecule has 2 rings (SSSR count).